The first kappa shape index (κ1) is 89.7. The molecule has 0 saturated carbocycles. The molecule has 0 aromatic rings. The Morgan fingerprint density at radius 2 is 0.297 bits per heavy atom. The molecule has 33 nitrogen and oxygen atoms in total. The van der Waals surface area contributed by atoms with Crippen LogP contribution < -0.4 is 0 Å². The third kappa shape index (κ3) is 68.4. The van der Waals surface area contributed by atoms with Crippen LogP contribution in [0.4, 0.5) is 0 Å². The van der Waals surface area contributed by atoms with Crippen LogP contribution in [0.5, 0.6) is 0 Å². The van der Waals surface area contributed by atoms with Gasteiger partial charge in [-0.1, -0.05) is 13.8 Å². The van der Waals surface area contributed by atoms with Crippen molar-refractivity contribution in [3.8, 4) is 0 Å². The summed E-state index contributed by atoms with van der Waals surface area (Å²) >= 11 is 0. The molecular formula is C58H118O33. The number of hydrogen-bond donors (Lipinski definition) is 0. The first-order valence-corrected chi connectivity index (χ1v) is 31.3. The largest absolute Gasteiger partial charge is 0.379 e. The Balaban J connectivity index is 6.18. The minimum Gasteiger partial charge on any atom is -0.379 e. The number of rotatable bonds is 82. The third-order valence-electron chi connectivity index (χ3n) is 11.1. The van der Waals surface area contributed by atoms with Crippen LogP contribution >= 0.6 is 0 Å². The van der Waals surface area contributed by atoms with Gasteiger partial charge in [0.05, 0.1) is 267 Å². The molecule has 0 aromatic heterocycles. The lowest BCUT2D eigenvalue weighted by Crippen LogP contribution is -2.36. The molecule has 0 spiro atoms. The fraction of sp³-hybridized carbons (Fsp3) is 1.00. The zero-order valence-corrected chi connectivity index (χ0v) is 56.0. The summed E-state index contributed by atoms with van der Waals surface area (Å²) in [5.41, 5.74) is 0. The van der Waals surface area contributed by atoms with Gasteiger partial charge in [0.2, 0.25) is 0 Å². The number of ether oxygens (including phenoxy) is 21. The molecule has 0 aliphatic carbocycles. The van der Waals surface area contributed by atoms with Crippen LogP contribution in [-0.2, 0) is 158 Å². The normalized spacial score (nSPS) is 14.0. The molecule has 0 saturated heterocycles. The third-order valence-corrected chi connectivity index (χ3v) is 11.1. The summed E-state index contributed by atoms with van der Waals surface area (Å²) in [6, 6.07) is 0. The first-order chi connectivity index (χ1) is 45.0. The Kier molecular flexibility index (Phi) is 76.6. The Hall–Kier alpha value is -1.32. The van der Waals surface area contributed by atoms with Crippen molar-refractivity contribution in [3.05, 3.63) is 0 Å². The summed E-state index contributed by atoms with van der Waals surface area (Å²) in [5.74, 6) is 0. The van der Waals surface area contributed by atoms with E-state index in [9.17, 15) is 0 Å². The van der Waals surface area contributed by atoms with E-state index in [0.29, 0.717) is 106 Å². The van der Waals surface area contributed by atoms with E-state index in [0.717, 1.165) is 12.8 Å². The second-order valence-electron chi connectivity index (χ2n) is 18.6. The van der Waals surface area contributed by atoms with Gasteiger partial charge in [-0.15, -0.1) is 0 Å². The van der Waals surface area contributed by atoms with Gasteiger partial charge in [-0.2, -0.15) is 0 Å². The monoisotopic (exact) mass is 1340 g/mol. The molecule has 91 heavy (non-hydrogen) atoms. The second kappa shape index (κ2) is 77.7. The quantitative estimate of drug-likeness (QED) is 0.0476. The maximum absolute atomic E-state index is 6.31. The fourth-order valence-corrected chi connectivity index (χ4v) is 6.99. The summed E-state index contributed by atoms with van der Waals surface area (Å²) in [6.07, 6.45) is -1.20. The zero-order chi connectivity index (χ0) is 65.9. The van der Waals surface area contributed by atoms with Crippen LogP contribution in [0, 0.1) is 0 Å². The van der Waals surface area contributed by atoms with Gasteiger partial charge in [-0.3, -0.25) is 0 Å². The topological polar surface area (TPSA) is 305 Å². The minimum absolute atomic E-state index is 0.102. The van der Waals surface area contributed by atoms with E-state index in [1.54, 1.807) is 0 Å². The first-order valence-electron chi connectivity index (χ1n) is 31.3. The van der Waals surface area contributed by atoms with E-state index in [1.165, 1.54) is 42.7 Å². The van der Waals surface area contributed by atoms with Crippen LogP contribution in [-0.4, -0.2) is 357 Å². The molecule has 0 heterocycles. The second-order valence-corrected chi connectivity index (χ2v) is 18.6. The van der Waals surface area contributed by atoms with Crippen LogP contribution in [0.1, 0.15) is 26.7 Å². The fourth-order valence-electron chi connectivity index (χ4n) is 6.99. The molecule has 6 atom stereocenters. The summed E-state index contributed by atoms with van der Waals surface area (Å²) in [6.45, 7) is 15.7. The van der Waals surface area contributed by atoms with Crippen molar-refractivity contribution < 1.29 is 158 Å². The van der Waals surface area contributed by atoms with Gasteiger partial charge in [0.1, 0.15) is 76.3 Å². The van der Waals surface area contributed by atoms with E-state index in [-0.39, 0.29) is 172 Å². The highest BCUT2D eigenvalue weighted by atomic mass is 17.2. The highest BCUT2D eigenvalue weighted by Gasteiger charge is 2.21. The van der Waals surface area contributed by atoms with Crippen LogP contribution in [0.25, 0.3) is 0 Å². The van der Waals surface area contributed by atoms with Gasteiger partial charge < -0.3 is 99.5 Å². The average Bonchev–Trinajstić information content (AvgIpc) is 3.71. The van der Waals surface area contributed by atoms with E-state index in [4.69, 9.17) is 129 Å². The smallest absolute Gasteiger partial charge is 0.106 e. The lowest BCUT2D eigenvalue weighted by Gasteiger charge is -2.24. The molecule has 548 valence electrons. The molecule has 0 aliphatic rings. The van der Waals surface area contributed by atoms with Crippen LogP contribution in [0.15, 0.2) is 0 Å². The molecule has 0 N–H and O–H groups in total. The molecular weight excluding hydrogens is 1220 g/mol. The molecule has 0 amide bonds. The molecule has 0 bridgehead atoms. The molecule has 0 radical (unpaired) electrons. The molecule has 0 aliphatic heterocycles. The van der Waals surface area contributed by atoms with Crippen LogP contribution in [0.2, 0.25) is 0 Å². The summed E-state index contributed by atoms with van der Waals surface area (Å²) in [7, 11) is 8.60. The molecule has 0 aromatic carbocycles. The number of hydrogen-bond acceptors (Lipinski definition) is 33. The van der Waals surface area contributed by atoms with E-state index >= 15 is 0 Å². The standard InChI is InChI=1S/C58H118O33/c1-9-11-65-13-15-73-41-53(80-29-17-67-23-35-86-59-3)43-75-45-55(82-31-19-69-25-37-88-61-5)47-77-49-57(84-33-21-71-27-39-90-63-7)51-79-52-58(85-34-22-72-28-40-91-64-8)50-78-48-56(83-32-20-70-26-38-89-62-6)46-76-44-54(42-74-16-14-66-12-10-2)81-30-18-68-24-36-87-60-4/h53-58H,9-52H2,1-8H3. The molecule has 0 fully saturated rings. The summed E-state index contributed by atoms with van der Waals surface area (Å²) < 4.78 is 125. The Labute approximate surface area is 540 Å². The average molecular weight is 1340 g/mol. The SMILES string of the molecule is CCCOCCOCC(COCC(COCC(COCC(COCC(COCC(COCCOCCC)OCCOCCOOC)OCCOCCOOC)OCCOCCOOC)OCCOCCOOC)OCCOCCOOC)OCCOCCOOC. The van der Waals surface area contributed by atoms with E-state index < -0.39 is 36.6 Å². The van der Waals surface area contributed by atoms with Crippen molar-refractivity contribution in [2.24, 2.45) is 0 Å². The van der Waals surface area contributed by atoms with Gasteiger partial charge in [0, 0.05) is 13.2 Å². The van der Waals surface area contributed by atoms with Crippen LogP contribution in [0.3, 0.4) is 0 Å². The minimum atomic E-state index is -0.566. The predicted octanol–water partition coefficient (Wildman–Crippen LogP) is 1.83. The maximum atomic E-state index is 6.31. The Morgan fingerprint density at radius 1 is 0.154 bits per heavy atom. The maximum Gasteiger partial charge on any atom is 0.106 e. The zero-order valence-electron chi connectivity index (χ0n) is 56.0. The summed E-state index contributed by atoms with van der Waals surface area (Å²) in [5, 5.41) is 0. The Morgan fingerprint density at radius 3 is 0.473 bits per heavy atom. The van der Waals surface area contributed by atoms with Gasteiger partial charge in [-0.25, -0.2) is 58.7 Å². The van der Waals surface area contributed by atoms with E-state index in [2.05, 4.69) is 29.3 Å². The summed E-state index contributed by atoms with van der Waals surface area (Å²) in [4.78, 5) is 57.3. The van der Waals surface area contributed by atoms with Gasteiger partial charge in [0.15, 0.2) is 0 Å². The van der Waals surface area contributed by atoms with Crippen molar-refractivity contribution in [1.82, 2.24) is 0 Å². The van der Waals surface area contributed by atoms with Crippen molar-refractivity contribution in [1.29, 1.82) is 0 Å². The van der Waals surface area contributed by atoms with E-state index in [1.807, 2.05) is 13.8 Å². The molecule has 6 unspecified atom stereocenters. The Bertz CT molecular complexity index is 1240. The van der Waals surface area contributed by atoms with Crippen molar-refractivity contribution in [2.45, 2.75) is 63.3 Å². The van der Waals surface area contributed by atoms with Gasteiger partial charge >= 0.3 is 0 Å². The predicted molar refractivity (Wildman–Crippen MR) is 319 cm³/mol. The molecule has 33 heteroatoms. The lowest BCUT2D eigenvalue weighted by molar-refractivity contribution is -0.278. The van der Waals surface area contributed by atoms with Crippen molar-refractivity contribution in [2.75, 3.05) is 320 Å². The van der Waals surface area contributed by atoms with Gasteiger partial charge in [-0.05, 0) is 12.8 Å². The lowest BCUT2D eigenvalue weighted by atomic mass is 10.3. The van der Waals surface area contributed by atoms with Gasteiger partial charge in [0.25, 0.3) is 0 Å². The van der Waals surface area contributed by atoms with Crippen molar-refractivity contribution >= 4 is 0 Å². The highest BCUT2D eigenvalue weighted by Crippen LogP contribution is 2.07. The van der Waals surface area contributed by atoms with Crippen molar-refractivity contribution in [3.63, 3.8) is 0 Å². The highest BCUT2D eigenvalue weighted by molar-refractivity contribution is 4.66. The molecule has 0 rings (SSSR count).